The van der Waals surface area contributed by atoms with Gasteiger partial charge in [-0.05, 0) is 115 Å². The zero-order chi connectivity index (χ0) is 28.7. The minimum absolute atomic E-state index is 0.154. The molecule has 220 valence electrons. The Kier molecular flexibility index (Phi) is 10.8. The quantitative estimate of drug-likeness (QED) is 0.189. The van der Waals surface area contributed by atoms with E-state index in [1.165, 1.54) is 54.5 Å². The highest BCUT2D eigenvalue weighted by molar-refractivity contribution is 14.2. The van der Waals surface area contributed by atoms with E-state index in [4.69, 9.17) is 15.7 Å². The molecule has 0 radical (unpaired) electrons. The van der Waals surface area contributed by atoms with E-state index in [0.717, 1.165) is 62.6 Å². The minimum Gasteiger partial charge on any atom is -0.355 e. The number of benzene rings is 1. The fourth-order valence-electron chi connectivity index (χ4n) is 6.28. The zero-order valence-electron chi connectivity index (χ0n) is 24.5. The second-order valence-electron chi connectivity index (χ2n) is 11.8. The third-order valence-electron chi connectivity index (χ3n) is 9.15. The van der Waals surface area contributed by atoms with Crippen LogP contribution in [-0.4, -0.2) is 34.6 Å². The molecular formula is C32H45IN7P. The lowest BCUT2D eigenvalue weighted by Gasteiger charge is -2.48. The number of pyridine rings is 1. The van der Waals surface area contributed by atoms with Crippen molar-refractivity contribution in [3.63, 3.8) is 0 Å². The average Bonchev–Trinajstić information content (AvgIpc) is 2.97. The number of piperidine rings is 1. The molecule has 9 heteroatoms. The van der Waals surface area contributed by atoms with E-state index >= 15 is 0 Å². The maximum atomic E-state index is 5.71. The Balaban J connectivity index is 0.000000259. The highest BCUT2D eigenvalue weighted by Gasteiger charge is 2.39. The number of hydrogen-bond acceptors (Lipinski definition) is 7. The summed E-state index contributed by atoms with van der Waals surface area (Å²) in [5, 5.41) is 7.23. The van der Waals surface area contributed by atoms with E-state index < -0.39 is 0 Å². The average molecular weight is 686 g/mol. The first kappa shape index (κ1) is 30.6. The topological polar surface area (TPSA) is 92.0 Å². The van der Waals surface area contributed by atoms with Crippen molar-refractivity contribution < 1.29 is 0 Å². The van der Waals surface area contributed by atoms with Crippen LogP contribution in [0, 0.1) is 5.41 Å². The van der Waals surface area contributed by atoms with Gasteiger partial charge in [-0.15, -0.1) is 0 Å². The van der Waals surface area contributed by atoms with E-state index in [-0.39, 0.29) is 12.1 Å². The van der Waals surface area contributed by atoms with Crippen LogP contribution in [0.2, 0.25) is 0 Å². The zero-order valence-corrected chi connectivity index (χ0v) is 27.7. The van der Waals surface area contributed by atoms with Gasteiger partial charge in [0.15, 0.2) is 5.82 Å². The summed E-state index contributed by atoms with van der Waals surface area (Å²) in [7, 11) is 0. The standard InChI is InChI=1S/C22H30IN6P.C10H15N/c23-30-28-21-20(18-14-16-4-1-10-24-17(16)5-2-11-25-18)26-15-19(27-21)29-12-8-22(9-13-29)6-3-7-22;1-3-9-4-6-10(7-5-9)8(2)11/h1,4,10,15,18,25,30H,2-3,5-9,11-14H2,(H,27,28);4-8H,3,11H2,1-2H3. The second kappa shape index (κ2) is 14.5. The first-order valence-electron chi connectivity index (χ1n) is 15.2. The fraction of sp³-hybridized carbons (Fsp3) is 0.531. The van der Waals surface area contributed by atoms with Gasteiger partial charge in [-0.1, -0.05) is 43.7 Å². The smallest absolute Gasteiger partial charge is 0.155 e. The largest absolute Gasteiger partial charge is 0.355 e. The molecule has 3 unspecified atom stereocenters. The normalized spacial score (nSPS) is 20.8. The molecule has 2 aliphatic heterocycles. The molecule has 3 atom stereocenters. The van der Waals surface area contributed by atoms with Gasteiger partial charge in [-0.2, -0.15) is 0 Å². The van der Waals surface area contributed by atoms with Crippen molar-refractivity contribution in [1.82, 2.24) is 20.3 Å². The summed E-state index contributed by atoms with van der Waals surface area (Å²) in [6.45, 7) is 7.35. The molecule has 1 saturated heterocycles. The van der Waals surface area contributed by atoms with Gasteiger partial charge in [0.1, 0.15) is 11.5 Å². The Bertz CT molecular complexity index is 1260. The van der Waals surface area contributed by atoms with Crippen LogP contribution in [0.3, 0.4) is 0 Å². The molecule has 0 amide bonds. The molecule has 4 N–H and O–H groups in total. The molecular weight excluding hydrogens is 640 g/mol. The van der Waals surface area contributed by atoms with Gasteiger partial charge in [0.05, 0.1) is 12.2 Å². The van der Waals surface area contributed by atoms with Crippen LogP contribution in [0.25, 0.3) is 0 Å². The Labute approximate surface area is 260 Å². The third-order valence-corrected chi connectivity index (χ3v) is 10.3. The summed E-state index contributed by atoms with van der Waals surface area (Å²) >= 11 is 2.38. The van der Waals surface area contributed by atoms with E-state index in [1.54, 1.807) is 0 Å². The Morgan fingerprint density at radius 3 is 2.56 bits per heavy atom. The predicted octanol–water partition coefficient (Wildman–Crippen LogP) is 7.09. The molecule has 6 rings (SSSR count). The van der Waals surface area contributed by atoms with Crippen LogP contribution in [0.4, 0.5) is 11.6 Å². The number of aryl methyl sites for hydroxylation is 2. The lowest BCUT2D eigenvalue weighted by Crippen LogP contribution is -2.44. The Morgan fingerprint density at radius 2 is 1.90 bits per heavy atom. The van der Waals surface area contributed by atoms with Crippen molar-refractivity contribution in [2.24, 2.45) is 11.1 Å². The van der Waals surface area contributed by atoms with Crippen LogP contribution >= 0.6 is 28.4 Å². The van der Waals surface area contributed by atoms with Gasteiger partial charge in [0.25, 0.3) is 0 Å². The summed E-state index contributed by atoms with van der Waals surface area (Å²) in [4.78, 5) is 17.1. The lowest BCUT2D eigenvalue weighted by atomic mass is 9.63. The highest BCUT2D eigenvalue weighted by atomic mass is 127. The molecule has 1 aliphatic carbocycles. The Hall–Kier alpha value is -1.87. The summed E-state index contributed by atoms with van der Waals surface area (Å²) in [5.74, 6) is 1.96. The van der Waals surface area contributed by atoms with Crippen molar-refractivity contribution in [1.29, 1.82) is 0 Å². The van der Waals surface area contributed by atoms with E-state index in [9.17, 15) is 0 Å². The predicted molar refractivity (Wildman–Crippen MR) is 181 cm³/mol. The van der Waals surface area contributed by atoms with Gasteiger partial charge in [0, 0.05) is 37.4 Å². The number of fused-ring (bicyclic) bond motifs is 1. The molecule has 2 fully saturated rings. The van der Waals surface area contributed by atoms with Gasteiger partial charge < -0.3 is 21.0 Å². The van der Waals surface area contributed by atoms with Crippen LogP contribution in [0.15, 0.2) is 48.8 Å². The number of hydrogen-bond donors (Lipinski definition) is 3. The van der Waals surface area contributed by atoms with Crippen molar-refractivity contribution in [2.45, 2.75) is 83.7 Å². The fourth-order valence-corrected chi connectivity index (χ4v) is 7.32. The van der Waals surface area contributed by atoms with Crippen LogP contribution in [0.1, 0.15) is 92.5 Å². The first-order valence-corrected chi connectivity index (χ1v) is 19.4. The molecule has 2 aromatic heterocycles. The lowest BCUT2D eigenvalue weighted by molar-refractivity contribution is 0.0953. The second-order valence-corrected chi connectivity index (χ2v) is 13.9. The van der Waals surface area contributed by atoms with E-state index in [1.807, 2.05) is 25.4 Å². The molecule has 1 spiro atoms. The van der Waals surface area contributed by atoms with Crippen molar-refractivity contribution in [2.75, 3.05) is 29.6 Å². The van der Waals surface area contributed by atoms with E-state index in [2.05, 4.69) is 79.6 Å². The molecule has 3 aromatic rings. The van der Waals surface area contributed by atoms with Gasteiger partial charge in [0.2, 0.25) is 0 Å². The van der Waals surface area contributed by atoms with Crippen molar-refractivity contribution in [3.05, 3.63) is 76.9 Å². The molecule has 3 aliphatic rings. The number of rotatable bonds is 6. The van der Waals surface area contributed by atoms with E-state index in [0.29, 0.717) is 11.8 Å². The molecule has 7 nitrogen and oxygen atoms in total. The number of nitrogens with two attached hydrogens (primary N) is 1. The van der Waals surface area contributed by atoms with Crippen LogP contribution in [-0.2, 0) is 19.3 Å². The highest BCUT2D eigenvalue weighted by Crippen LogP contribution is 2.49. The maximum absolute atomic E-state index is 5.71. The van der Waals surface area contributed by atoms with Gasteiger partial charge in [-0.25, -0.2) is 4.98 Å². The number of anilines is 2. The van der Waals surface area contributed by atoms with Crippen molar-refractivity contribution >= 4 is 40.1 Å². The third kappa shape index (κ3) is 7.75. The number of halogens is 1. The molecule has 0 bridgehead atoms. The summed E-state index contributed by atoms with van der Waals surface area (Å²) in [6.07, 6.45) is 15.5. The monoisotopic (exact) mass is 685 g/mol. The number of nitrogens with zero attached hydrogens (tertiary/aromatic N) is 4. The van der Waals surface area contributed by atoms with Crippen molar-refractivity contribution in [3.8, 4) is 0 Å². The van der Waals surface area contributed by atoms with Crippen LogP contribution < -0.4 is 21.0 Å². The SMILES string of the molecule is CCc1ccc(C(C)N)cc1.IPNc1nc(N2CCC3(CCC3)CC2)cnc1C1Cc2cccnc2CCCN1. The molecule has 1 aromatic carbocycles. The summed E-state index contributed by atoms with van der Waals surface area (Å²) < 4.78 is 0. The molecule has 41 heavy (non-hydrogen) atoms. The summed E-state index contributed by atoms with van der Waals surface area (Å²) in [6, 6.07) is 13.0. The van der Waals surface area contributed by atoms with Gasteiger partial charge in [-0.3, -0.25) is 9.97 Å². The maximum Gasteiger partial charge on any atom is 0.155 e. The van der Waals surface area contributed by atoms with Gasteiger partial charge >= 0.3 is 0 Å². The number of nitrogens with one attached hydrogen (secondary N) is 2. The first-order chi connectivity index (χ1) is 20.0. The minimum atomic E-state index is 0.154. The molecule has 4 heterocycles. The van der Waals surface area contributed by atoms with Crippen LogP contribution in [0.5, 0.6) is 0 Å². The number of aromatic nitrogens is 3. The summed E-state index contributed by atoms with van der Waals surface area (Å²) in [5.41, 5.74) is 12.5. The Morgan fingerprint density at radius 1 is 1.12 bits per heavy atom. The molecule has 1 saturated carbocycles.